The lowest BCUT2D eigenvalue weighted by atomic mass is 10.0. The Morgan fingerprint density at radius 2 is 1.67 bits per heavy atom. The molecular weight excluding hydrogens is 474 g/mol. The molecule has 0 spiro atoms. The molecule has 0 bridgehead atoms. The smallest absolute Gasteiger partial charge is 0.261 e. The normalized spacial score (nSPS) is 11.9. The van der Waals surface area contributed by atoms with Crippen LogP contribution in [0, 0.1) is 29.6 Å². The van der Waals surface area contributed by atoms with Crippen molar-refractivity contribution in [3.8, 4) is 12.1 Å². The van der Waals surface area contributed by atoms with Crippen LogP contribution < -0.4 is 4.72 Å². The minimum atomic E-state index is -3.89. The summed E-state index contributed by atoms with van der Waals surface area (Å²) in [4.78, 5) is 4.31. The minimum Gasteiger partial charge on any atom is -0.362 e. The van der Waals surface area contributed by atoms with E-state index in [0.29, 0.717) is 16.7 Å². The highest BCUT2D eigenvalue weighted by Crippen LogP contribution is 2.30. The fourth-order valence-electron chi connectivity index (χ4n) is 3.67. The lowest BCUT2D eigenvalue weighted by Crippen LogP contribution is -2.16. The maximum atomic E-state index is 13.0. The number of aromatic nitrogens is 2. The van der Waals surface area contributed by atoms with Crippen LogP contribution in [0.25, 0.3) is 0 Å². The molecule has 4 aromatic rings. The SMILES string of the molecule is Cc1ccc(S(=O)(=O)Nc2cc(C#N)ccc2COC(c2ccc(C#N)cc2)c2cncn2C)cc1. The molecule has 0 fully saturated rings. The summed E-state index contributed by atoms with van der Waals surface area (Å²) < 4.78 is 36.8. The molecular formula is C27H23N5O3S. The number of hydrogen-bond acceptors (Lipinski definition) is 6. The molecule has 0 saturated carbocycles. The summed E-state index contributed by atoms with van der Waals surface area (Å²) in [6.45, 7) is 1.93. The number of anilines is 1. The van der Waals surface area contributed by atoms with Gasteiger partial charge in [0.1, 0.15) is 6.10 Å². The maximum absolute atomic E-state index is 13.0. The number of benzene rings is 3. The zero-order valence-electron chi connectivity index (χ0n) is 19.7. The second-order valence-corrected chi connectivity index (χ2v) is 9.94. The van der Waals surface area contributed by atoms with Gasteiger partial charge in [0.15, 0.2) is 0 Å². The van der Waals surface area contributed by atoms with Gasteiger partial charge in [-0.05, 0) is 48.9 Å². The van der Waals surface area contributed by atoms with Crippen molar-refractivity contribution < 1.29 is 13.2 Å². The summed E-state index contributed by atoms with van der Waals surface area (Å²) in [5, 5.41) is 18.5. The number of sulfonamides is 1. The summed E-state index contributed by atoms with van der Waals surface area (Å²) in [5.41, 5.74) is 4.21. The van der Waals surface area contributed by atoms with Crippen molar-refractivity contribution in [2.24, 2.45) is 7.05 Å². The Bertz CT molecular complexity index is 1560. The molecule has 36 heavy (non-hydrogen) atoms. The summed E-state index contributed by atoms with van der Waals surface area (Å²) in [5.74, 6) is 0. The van der Waals surface area contributed by atoms with Crippen LogP contribution in [0.3, 0.4) is 0 Å². The molecule has 0 aliphatic carbocycles. The van der Waals surface area contributed by atoms with Crippen LogP contribution in [-0.2, 0) is 28.4 Å². The zero-order chi connectivity index (χ0) is 25.7. The van der Waals surface area contributed by atoms with Crippen LogP contribution >= 0.6 is 0 Å². The molecule has 3 aromatic carbocycles. The average molecular weight is 498 g/mol. The van der Waals surface area contributed by atoms with Crippen LogP contribution in [0.5, 0.6) is 0 Å². The van der Waals surface area contributed by atoms with Gasteiger partial charge in [0, 0.05) is 12.6 Å². The highest BCUT2D eigenvalue weighted by atomic mass is 32.2. The summed E-state index contributed by atoms with van der Waals surface area (Å²) in [6.07, 6.45) is 2.84. The Hall–Kier alpha value is -4.44. The van der Waals surface area contributed by atoms with Crippen molar-refractivity contribution in [2.75, 3.05) is 4.72 Å². The third kappa shape index (κ3) is 5.44. The number of rotatable bonds is 8. The van der Waals surface area contributed by atoms with Gasteiger partial charge in [-0.25, -0.2) is 13.4 Å². The Morgan fingerprint density at radius 3 is 2.28 bits per heavy atom. The van der Waals surface area contributed by atoms with Crippen LogP contribution in [-0.4, -0.2) is 18.0 Å². The second kappa shape index (κ2) is 10.4. The van der Waals surface area contributed by atoms with Gasteiger partial charge in [-0.3, -0.25) is 4.72 Å². The molecule has 1 unspecified atom stereocenters. The van der Waals surface area contributed by atoms with Gasteiger partial charge < -0.3 is 9.30 Å². The number of nitriles is 2. The molecule has 0 aliphatic heterocycles. The number of nitrogens with zero attached hydrogens (tertiary/aromatic N) is 4. The summed E-state index contributed by atoms with van der Waals surface area (Å²) in [6, 6.07) is 22.5. The van der Waals surface area contributed by atoms with Crippen molar-refractivity contribution >= 4 is 15.7 Å². The van der Waals surface area contributed by atoms with Crippen molar-refractivity contribution in [2.45, 2.75) is 24.5 Å². The van der Waals surface area contributed by atoms with E-state index in [0.717, 1.165) is 16.8 Å². The Labute approximate surface area is 210 Å². The van der Waals surface area contributed by atoms with E-state index in [2.05, 4.69) is 15.8 Å². The molecule has 1 aromatic heterocycles. The van der Waals surface area contributed by atoms with E-state index in [1.807, 2.05) is 36.7 Å². The number of aryl methyl sites for hydroxylation is 2. The van der Waals surface area contributed by atoms with E-state index in [-0.39, 0.29) is 17.2 Å². The number of nitrogens with one attached hydrogen (secondary N) is 1. The predicted octanol–water partition coefficient (Wildman–Crippen LogP) is 4.58. The van der Waals surface area contributed by atoms with Crippen molar-refractivity contribution in [1.29, 1.82) is 10.5 Å². The average Bonchev–Trinajstić information content (AvgIpc) is 3.30. The highest BCUT2D eigenvalue weighted by molar-refractivity contribution is 7.92. The fourth-order valence-corrected chi connectivity index (χ4v) is 4.76. The van der Waals surface area contributed by atoms with E-state index in [4.69, 9.17) is 10.00 Å². The topological polar surface area (TPSA) is 121 Å². The third-order valence-electron chi connectivity index (χ3n) is 5.69. The van der Waals surface area contributed by atoms with Gasteiger partial charge in [-0.15, -0.1) is 0 Å². The molecule has 0 amide bonds. The molecule has 4 rings (SSSR count). The largest absolute Gasteiger partial charge is 0.362 e. The van der Waals surface area contributed by atoms with E-state index in [9.17, 15) is 13.7 Å². The Kier molecular flexibility index (Phi) is 7.16. The van der Waals surface area contributed by atoms with Gasteiger partial charge in [0.05, 0.1) is 58.7 Å². The Balaban J connectivity index is 1.65. The molecule has 0 radical (unpaired) electrons. The monoisotopic (exact) mass is 497 g/mol. The minimum absolute atomic E-state index is 0.0489. The first kappa shape index (κ1) is 24.7. The van der Waals surface area contributed by atoms with E-state index >= 15 is 0 Å². The first-order valence-electron chi connectivity index (χ1n) is 11.0. The number of ether oxygens (including phenoxy) is 1. The second-order valence-electron chi connectivity index (χ2n) is 8.26. The quantitative estimate of drug-likeness (QED) is 0.380. The van der Waals surface area contributed by atoms with Gasteiger partial charge in [0.25, 0.3) is 10.0 Å². The third-order valence-corrected chi connectivity index (χ3v) is 7.07. The van der Waals surface area contributed by atoms with Gasteiger partial charge in [-0.2, -0.15) is 10.5 Å². The first-order valence-corrected chi connectivity index (χ1v) is 12.5. The molecule has 8 nitrogen and oxygen atoms in total. The molecule has 9 heteroatoms. The van der Waals surface area contributed by atoms with E-state index < -0.39 is 16.1 Å². The van der Waals surface area contributed by atoms with Gasteiger partial charge in [0.2, 0.25) is 0 Å². The van der Waals surface area contributed by atoms with E-state index in [1.54, 1.807) is 48.9 Å². The maximum Gasteiger partial charge on any atom is 0.261 e. The lowest BCUT2D eigenvalue weighted by molar-refractivity contribution is 0.0625. The first-order chi connectivity index (χ1) is 17.3. The van der Waals surface area contributed by atoms with Gasteiger partial charge >= 0.3 is 0 Å². The van der Waals surface area contributed by atoms with Crippen LogP contribution in [0.1, 0.15) is 39.6 Å². The van der Waals surface area contributed by atoms with Crippen molar-refractivity contribution in [3.63, 3.8) is 0 Å². The summed E-state index contributed by atoms with van der Waals surface area (Å²) in [7, 11) is -2.03. The molecule has 1 atom stereocenters. The molecule has 0 aliphatic rings. The standard InChI is InChI=1S/C27H23N5O3S/c1-19-3-11-24(12-4-19)36(33,34)31-25-13-21(15-29)7-10-23(25)17-35-27(26-16-30-18-32(26)2)22-8-5-20(14-28)6-9-22/h3-13,16,18,27,31H,17H2,1-2H3. The van der Waals surface area contributed by atoms with Crippen molar-refractivity contribution in [3.05, 3.63) is 113 Å². The Morgan fingerprint density at radius 1 is 1.00 bits per heavy atom. The van der Waals surface area contributed by atoms with Gasteiger partial charge in [-0.1, -0.05) is 35.9 Å². The molecule has 0 saturated heterocycles. The zero-order valence-corrected chi connectivity index (χ0v) is 20.5. The molecule has 180 valence electrons. The number of hydrogen-bond donors (Lipinski definition) is 1. The lowest BCUT2D eigenvalue weighted by Gasteiger charge is -2.20. The van der Waals surface area contributed by atoms with Crippen LogP contribution in [0.2, 0.25) is 0 Å². The summed E-state index contributed by atoms with van der Waals surface area (Å²) >= 11 is 0. The number of imidazole rings is 1. The molecule has 1 heterocycles. The van der Waals surface area contributed by atoms with Crippen molar-refractivity contribution in [1.82, 2.24) is 9.55 Å². The predicted molar refractivity (Wildman–Crippen MR) is 134 cm³/mol. The highest BCUT2D eigenvalue weighted by Gasteiger charge is 2.21. The van der Waals surface area contributed by atoms with Crippen LogP contribution in [0.15, 0.2) is 84.1 Å². The van der Waals surface area contributed by atoms with Crippen LogP contribution in [0.4, 0.5) is 5.69 Å². The van der Waals surface area contributed by atoms with E-state index in [1.165, 1.54) is 18.2 Å². The molecule has 1 N–H and O–H groups in total. The fraction of sp³-hybridized carbons (Fsp3) is 0.148.